The molecule has 0 bridgehead atoms. The number of hydrazone groups is 1. The minimum atomic E-state index is -3.85. The SMILES string of the molecule is COc1ccc2nc(N(/N=C/c3ccc(F)cc3)C(=O)c3ccc(S(=O)(=O)N(C)c4ccccc4)cc3)sc2c1. The van der Waals surface area contributed by atoms with Crippen molar-refractivity contribution in [3.05, 3.63) is 114 Å². The fourth-order valence-corrected chi connectivity index (χ4v) is 5.94. The van der Waals surface area contributed by atoms with Gasteiger partial charge in [-0.25, -0.2) is 17.8 Å². The van der Waals surface area contributed by atoms with Crippen LogP contribution in [-0.2, 0) is 10.0 Å². The molecule has 0 aliphatic rings. The van der Waals surface area contributed by atoms with Crippen LogP contribution >= 0.6 is 11.3 Å². The van der Waals surface area contributed by atoms with Gasteiger partial charge in [0.2, 0.25) is 5.13 Å². The molecule has 40 heavy (non-hydrogen) atoms. The van der Waals surface area contributed by atoms with Gasteiger partial charge in [-0.3, -0.25) is 9.10 Å². The number of thiazole rings is 1. The van der Waals surface area contributed by atoms with Crippen molar-refractivity contribution >= 4 is 54.5 Å². The Morgan fingerprint density at radius 1 is 0.975 bits per heavy atom. The van der Waals surface area contributed by atoms with Crippen LogP contribution in [0.3, 0.4) is 0 Å². The number of hydrogen-bond donors (Lipinski definition) is 0. The number of para-hydroxylation sites is 1. The zero-order valence-corrected chi connectivity index (χ0v) is 23.1. The first-order valence-electron chi connectivity index (χ1n) is 12.0. The van der Waals surface area contributed by atoms with Gasteiger partial charge in [-0.2, -0.15) is 10.1 Å². The Morgan fingerprint density at radius 2 is 1.68 bits per heavy atom. The van der Waals surface area contributed by atoms with Crippen LogP contribution in [0, 0.1) is 5.82 Å². The van der Waals surface area contributed by atoms with Gasteiger partial charge >= 0.3 is 0 Å². The van der Waals surface area contributed by atoms with Gasteiger partial charge in [-0.05, 0) is 72.3 Å². The number of sulfonamides is 1. The van der Waals surface area contributed by atoms with E-state index in [1.807, 2.05) is 6.07 Å². The molecule has 202 valence electrons. The molecule has 0 aliphatic heterocycles. The third-order valence-electron chi connectivity index (χ3n) is 6.03. The van der Waals surface area contributed by atoms with Gasteiger partial charge in [0.1, 0.15) is 11.6 Å². The summed E-state index contributed by atoms with van der Waals surface area (Å²) in [7, 11) is -0.822. The molecular weight excluding hydrogens is 551 g/mol. The quantitative estimate of drug-likeness (QED) is 0.169. The minimum absolute atomic E-state index is 0.0313. The number of benzene rings is 4. The summed E-state index contributed by atoms with van der Waals surface area (Å²) >= 11 is 1.24. The summed E-state index contributed by atoms with van der Waals surface area (Å²) < 4.78 is 47.0. The van der Waals surface area contributed by atoms with Crippen LogP contribution in [0.25, 0.3) is 10.2 Å². The van der Waals surface area contributed by atoms with Crippen molar-refractivity contribution in [2.24, 2.45) is 5.10 Å². The van der Waals surface area contributed by atoms with Crippen molar-refractivity contribution in [1.29, 1.82) is 0 Å². The Bertz CT molecular complexity index is 1790. The largest absolute Gasteiger partial charge is 0.497 e. The van der Waals surface area contributed by atoms with E-state index in [9.17, 15) is 17.6 Å². The summed E-state index contributed by atoms with van der Waals surface area (Å²) in [4.78, 5) is 18.3. The molecule has 1 heterocycles. The lowest BCUT2D eigenvalue weighted by atomic mass is 10.2. The fraction of sp³-hybridized carbons (Fsp3) is 0.0690. The topological polar surface area (TPSA) is 92.2 Å². The Balaban J connectivity index is 1.48. The van der Waals surface area contributed by atoms with Gasteiger partial charge in [0.15, 0.2) is 0 Å². The molecule has 1 amide bonds. The minimum Gasteiger partial charge on any atom is -0.497 e. The van der Waals surface area contributed by atoms with Crippen molar-refractivity contribution in [2.45, 2.75) is 4.90 Å². The van der Waals surface area contributed by atoms with Crippen LogP contribution in [0.15, 0.2) is 107 Å². The van der Waals surface area contributed by atoms with Crippen LogP contribution < -0.4 is 14.1 Å². The van der Waals surface area contributed by atoms with Gasteiger partial charge in [0.05, 0.1) is 34.1 Å². The van der Waals surface area contributed by atoms with Crippen molar-refractivity contribution in [2.75, 3.05) is 23.5 Å². The van der Waals surface area contributed by atoms with Crippen LogP contribution in [0.5, 0.6) is 5.75 Å². The fourth-order valence-electron chi connectivity index (χ4n) is 3.80. The third-order valence-corrected chi connectivity index (χ3v) is 8.82. The second kappa shape index (κ2) is 11.2. The lowest BCUT2D eigenvalue weighted by molar-refractivity contribution is 0.0987. The highest BCUT2D eigenvalue weighted by molar-refractivity contribution is 7.92. The summed E-state index contributed by atoms with van der Waals surface area (Å²) in [6.45, 7) is 0. The maximum Gasteiger partial charge on any atom is 0.280 e. The molecule has 4 aromatic carbocycles. The van der Waals surface area contributed by atoms with E-state index in [0.29, 0.717) is 27.6 Å². The molecule has 5 rings (SSSR count). The Kier molecular flexibility index (Phi) is 7.58. The first kappa shape index (κ1) is 27.0. The van der Waals surface area contributed by atoms with Crippen molar-refractivity contribution in [3.8, 4) is 5.75 Å². The average Bonchev–Trinajstić information content (AvgIpc) is 3.41. The molecule has 0 saturated carbocycles. The lowest BCUT2D eigenvalue weighted by Crippen LogP contribution is -2.27. The predicted molar refractivity (Wildman–Crippen MR) is 155 cm³/mol. The molecule has 0 aliphatic carbocycles. The van der Waals surface area contributed by atoms with Crippen molar-refractivity contribution in [1.82, 2.24) is 4.98 Å². The number of ether oxygens (including phenoxy) is 1. The zero-order valence-electron chi connectivity index (χ0n) is 21.4. The van der Waals surface area contributed by atoms with E-state index in [1.165, 1.54) is 77.4 Å². The highest BCUT2D eigenvalue weighted by Crippen LogP contribution is 2.32. The first-order chi connectivity index (χ1) is 19.3. The number of nitrogens with zero attached hydrogens (tertiary/aromatic N) is 4. The van der Waals surface area contributed by atoms with E-state index in [0.717, 1.165) is 9.71 Å². The smallest absolute Gasteiger partial charge is 0.280 e. The summed E-state index contributed by atoms with van der Waals surface area (Å²) in [6.07, 6.45) is 1.43. The van der Waals surface area contributed by atoms with Gasteiger partial charge in [0, 0.05) is 12.6 Å². The van der Waals surface area contributed by atoms with Gasteiger partial charge < -0.3 is 4.74 Å². The van der Waals surface area contributed by atoms with E-state index >= 15 is 0 Å². The lowest BCUT2D eigenvalue weighted by Gasteiger charge is -2.19. The van der Waals surface area contributed by atoms with Crippen LogP contribution in [0.2, 0.25) is 0 Å². The molecule has 0 radical (unpaired) electrons. The highest BCUT2D eigenvalue weighted by Gasteiger charge is 2.24. The number of hydrogen-bond acceptors (Lipinski definition) is 7. The Morgan fingerprint density at radius 3 is 2.35 bits per heavy atom. The number of rotatable bonds is 8. The summed E-state index contributed by atoms with van der Waals surface area (Å²) in [5.41, 5.74) is 1.94. The maximum atomic E-state index is 13.7. The molecule has 0 fully saturated rings. The number of carbonyl (C=O) groups excluding carboxylic acids is 1. The van der Waals surface area contributed by atoms with E-state index in [1.54, 1.807) is 49.6 Å². The van der Waals surface area contributed by atoms with Gasteiger partial charge in [-0.15, -0.1) is 0 Å². The van der Waals surface area contributed by atoms with Crippen LogP contribution in [0.1, 0.15) is 15.9 Å². The third kappa shape index (κ3) is 5.56. The number of anilines is 2. The number of aromatic nitrogens is 1. The summed E-state index contributed by atoms with van der Waals surface area (Å²) in [5, 5.41) is 5.81. The standard InChI is InChI=1S/C29H23FN4O4S2/c1-33(23-6-4-3-5-7-23)40(36,37)25-15-10-21(11-16-25)28(35)34(31-19-20-8-12-22(30)13-9-20)29-32-26-17-14-24(38-2)18-27(26)39-29/h3-19H,1-2H3/b31-19+. The van der Waals surface area contributed by atoms with E-state index in [2.05, 4.69) is 10.1 Å². The van der Waals surface area contributed by atoms with Gasteiger partial charge in [-0.1, -0.05) is 41.7 Å². The first-order valence-corrected chi connectivity index (χ1v) is 14.2. The highest BCUT2D eigenvalue weighted by atomic mass is 32.2. The summed E-state index contributed by atoms with van der Waals surface area (Å²) in [6, 6.07) is 25.4. The van der Waals surface area contributed by atoms with E-state index in [-0.39, 0.29) is 10.5 Å². The molecule has 0 unspecified atom stereocenters. The predicted octanol–water partition coefficient (Wildman–Crippen LogP) is 5.95. The number of halogens is 1. The zero-order chi connectivity index (χ0) is 28.3. The number of carbonyl (C=O) groups is 1. The average molecular weight is 575 g/mol. The molecule has 5 aromatic rings. The monoisotopic (exact) mass is 574 g/mol. The molecular formula is C29H23FN4O4S2. The number of fused-ring (bicyclic) bond motifs is 1. The Hall–Kier alpha value is -4.61. The molecule has 0 spiro atoms. The van der Waals surface area contributed by atoms with Crippen LogP contribution in [-0.4, -0.2) is 39.7 Å². The number of methoxy groups -OCH3 is 1. The van der Waals surface area contributed by atoms with E-state index in [4.69, 9.17) is 4.74 Å². The second-order valence-electron chi connectivity index (χ2n) is 8.58. The Labute approximate surface area is 234 Å². The summed E-state index contributed by atoms with van der Waals surface area (Å²) in [5.74, 6) is -0.268. The second-order valence-corrected chi connectivity index (χ2v) is 11.6. The normalized spacial score (nSPS) is 11.6. The molecule has 0 N–H and O–H groups in total. The van der Waals surface area contributed by atoms with Gasteiger partial charge in [0.25, 0.3) is 15.9 Å². The van der Waals surface area contributed by atoms with Crippen LogP contribution in [0.4, 0.5) is 15.2 Å². The molecule has 1 aromatic heterocycles. The molecule has 0 atom stereocenters. The van der Waals surface area contributed by atoms with Crippen molar-refractivity contribution in [3.63, 3.8) is 0 Å². The van der Waals surface area contributed by atoms with E-state index < -0.39 is 21.7 Å². The number of amides is 1. The molecule has 0 saturated heterocycles. The molecule has 8 nitrogen and oxygen atoms in total. The van der Waals surface area contributed by atoms with Crippen molar-refractivity contribution < 1.29 is 22.3 Å². The maximum absolute atomic E-state index is 13.7. The molecule has 11 heteroatoms.